The van der Waals surface area contributed by atoms with Crippen LogP contribution in [0.5, 0.6) is 0 Å². The molecule has 2 aromatic rings. The van der Waals surface area contributed by atoms with E-state index in [-0.39, 0.29) is 12.1 Å². The minimum atomic E-state index is -0.862. The van der Waals surface area contributed by atoms with Crippen LogP contribution >= 0.6 is 0 Å². The number of hydrogen-bond donors (Lipinski definition) is 0. The smallest absolute Gasteiger partial charge is 0.0722 e. The summed E-state index contributed by atoms with van der Waals surface area (Å²) < 4.78 is 17.7. The van der Waals surface area contributed by atoms with Gasteiger partial charge in [0.1, 0.15) is 0 Å². The van der Waals surface area contributed by atoms with Gasteiger partial charge in [-0.2, -0.15) is 0 Å². The van der Waals surface area contributed by atoms with Gasteiger partial charge in [-0.15, -0.1) is 0 Å². The van der Waals surface area contributed by atoms with E-state index in [0.717, 1.165) is 11.3 Å². The number of benzene rings is 2. The average molecular weight is 280 g/mol. The highest BCUT2D eigenvalue weighted by atomic mass is 15.4. The third-order valence-electron chi connectivity index (χ3n) is 4.89. The number of hydrogen-bond acceptors (Lipinski definition) is 2. The van der Waals surface area contributed by atoms with Crippen molar-refractivity contribution in [1.82, 2.24) is 4.90 Å². The van der Waals surface area contributed by atoms with E-state index in [2.05, 4.69) is 36.9 Å². The quantitative estimate of drug-likeness (QED) is 0.769. The van der Waals surface area contributed by atoms with E-state index in [1.807, 2.05) is 42.2 Å². The van der Waals surface area contributed by atoms with Crippen LogP contribution in [-0.2, 0) is 0 Å². The van der Waals surface area contributed by atoms with E-state index in [1.165, 1.54) is 11.1 Å². The van der Waals surface area contributed by atoms with Crippen LogP contribution in [0.4, 0.5) is 5.69 Å². The molecule has 0 saturated carbocycles. The van der Waals surface area contributed by atoms with Crippen molar-refractivity contribution in [3.63, 3.8) is 0 Å². The third-order valence-corrected chi connectivity index (χ3v) is 4.89. The van der Waals surface area contributed by atoms with Gasteiger partial charge >= 0.3 is 0 Å². The molecule has 2 aliphatic heterocycles. The molecular formula is C19H22N2. The monoisotopic (exact) mass is 280 g/mol. The normalized spacial score (nSPS) is 36.1. The Kier molecular flexibility index (Phi) is 2.38. The number of fused-ring (bicyclic) bond motifs is 3. The van der Waals surface area contributed by atoms with Crippen LogP contribution in [-0.4, -0.2) is 17.6 Å². The van der Waals surface area contributed by atoms with Gasteiger partial charge in [-0.25, -0.2) is 0 Å². The molecule has 0 aromatic heterocycles. The van der Waals surface area contributed by atoms with Gasteiger partial charge in [0.05, 0.1) is 15.4 Å². The van der Waals surface area contributed by atoms with Crippen molar-refractivity contribution in [3.8, 4) is 0 Å². The van der Waals surface area contributed by atoms with E-state index in [0.29, 0.717) is 0 Å². The molecule has 21 heavy (non-hydrogen) atoms. The van der Waals surface area contributed by atoms with Gasteiger partial charge in [0.25, 0.3) is 0 Å². The first-order chi connectivity index (χ1) is 10.9. The van der Waals surface area contributed by atoms with E-state index in [1.54, 1.807) is 0 Å². The fourth-order valence-electron chi connectivity index (χ4n) is 3.76. The van der Waals surface area contributed by atoms with Crippen LogP contribution < -0.4 is 4.90 Å². The van der Waals surface area contributed by atoms with Crippen molar-refractivity contribution in [2.75, 3.05) is 11.5 Å². The lowest BCUT2D eigenvalue weighted by molar-refractivity contribution is 0.221. The summed E-state index contributed by atoms with van der Waals surface area (Å²) in [6, 6.07) is 15.8. The van der Waals surface area contributed by atoms with Gasteiger partial charge in [0.2, 0.25) is 0 Å². The molecule has 2 heterocycles. The Morgan fingerprint density at radius 3 is 2.48 bits per heavy atom. The molecule has 0 aliphatic carbocycles. The maximum atomic E-state index is 8.90. The lowest BCUT2D eigenvalue weighted by Gasteiger charge is -2.27. The topological polar surface area (TPSA) is 6.48 Å². The van der Waals surface area contributed by atoms with Crippen LogP contribution in [0, 0.1) is 6.92 Å². The molecule has 0 spiro atoms. The van der Waals surface area contributed by atoms with Crippen molar-refractivity contribution in [2.24, 2.45) is 0 Å². The largest absolute Gasteiger partial charge is 0.354 e. The Hall–Kier alpha value is -1.80. The zero-order valence-electron chi connectivity index (χ0n) is 14.7. The number of para-hydroxylation sites is 1. The summed E-state index contributed by atoms with van der Waals surface area (Å²) in [5.74, 6) is 0. The first kappa shape index (κ1) is 10.9. The van der Waals surface area contributed by atoms with Crippen LogP contribution in [0.1, 0.15) is 45.3 Å². The SMILES string of the molecule is [2H]C1N(c2ccccc2C)[C@@H](C)C2c3ccccc3C([2H])(C)N21. The van der Waals surface area contributed by atoms with Gasteiger partial charge in [-0.05, 0) is 43.5 Å². The maximum absolute atomic E-state index is 8.90. The fourth-order valence-corrected chi connectivity index (χ4v) is 3.76. The minimum Gasteiger partial charge on any atom is -0.354 e. The highest BCUT2D eigenvalue weighted by molar-refractivity contribution is 5.56. The molecule has 1 saturated heterocycles. The molecule has 108 valence electrons. The van der Waals surface area contributed by atoms with Gasteiger partial charge < -0.3 is 4.90 Å². The number of nitrogens with zero attached hydrogens (tertiary/aromatic N) is 2. The molecule has 3 unspecified atom stereocenters. The zero-order valence-corrected chi connectivity index (χ0v) is 12.7. The zero-order chi connectivity index (χ0) is 16.4. The molecule has 1 fully saturated rings. The summed E-state index contributed by atoms with van der Waals surface area (Å²) in [7, 11) is 0. The molecule has 2 aliphatic rings. The molecular weight excluding hydrogens is 256 g/mol. The van der Waals surface area contributed by atoms with E-state index >= 15 is 0 Å². The molecule has 2 heteroatoms. The van der Waals surface area contributed by atoms with Crippen molar-refractivity contribution < 1.29 is 2.74 Å². The van der Waals surface area contributed by atoms with Crippen molar-refractivity contribution in [3.05, 3.63) is 65.2 Å². The first-order valence-electron chi connectivity index (χ1n) is 8.66. The molecule has 2 nitrogen and oxygen atoms in total. The summed E-state index contributed by atoms with van der Waals surface area (Å²) in [6.07, 6.45) is 0. The van der Waals surface area contributed by atoms with E-state index < -0.39 is 12.7 Å². The highest BCUT2D eigenvalue weighted by Gasteiger charge is 2.46. The number of aryl methyl sites for hydroxylation is 1. The van der Waals surface area contributed by atoms with Gasteiger partial charge in [-0.1, -0.05) is 42.5 Å². The van der Waals surface area contributed by atoms with E-state index in [4.69, 9.17) is 2.74 Å². The second kappa shape index (κ2) is 4.60. The Balaban J connectivity index is 1.85. The van der Waals surface area contributed by atoms with Crippen molar-refractivity contribution in [1.29, 1.82) is 0 Å². The lowest BCUT2D eigenvalue weighted by atomic mass is 9.98. The summed E-state index contributed by atoms with van der Waals surface area (Å²) in [5, 5.41) is 0. The summed E-state index contributed by atoms with van der Waals surface area (Å²) in [5.41, 5.74) is 4.52. The lowest BCUT2D eigenvalue weighted by Crippen LogP contribution is -2.30. The summed E-state index contributed by atoms with van der Waals surface area (Å²) in [6.45, 7) is 5.63. The molecule has 2 aromatic carbocycles. The second-order valence-corrected chi connectivity index (χ2v) is 6.07. The Labute approximate surface area is 129 Å². The summed E-state index contributed by atoms with van der Waals surface area (Å²) >= 11 is 0. The molecule has 0 radical (unpaired) electrons. The van der Waals surface area contributed by atoms with Crippen LogP contribution in [0.15, 0.2) is 48.5 Å². The van der Waals surface area contributed by atoms with Crippen molar-refractivity contribution >= 4 is 5.69 Å². The van der Waals surface area contributed by atoms with Gasteiger partial charge in [-0.3, -0.25) is 4.90 Å². The van der Waals surface area contributed by atoms with Gasteiger partial charge in [0, 0.05) is 17.7 Å². The Morgan fingerprint density at radius 2 is 1.71 bits per heavy atom. The first-order valence-corrected chi connectivity index (χ1v) is 7.58. The molecule has 4 rings (SSSR count). The molecule has 0 N–H and O–H groups in total. The Morgan fingerprint density at radius 1 is 1.05 bits per heavy atom. The average Bonchev–Trinajstić information content (AvgIpc) is 2.93. The predicted molar refractivity (Wildman–Crippen MR) is 87.4 cm³/mol. The predicted octanol–water partition coefficient (Wildman–Crippen LogP) is 4.28. The second-order valence-electron chi connectivity index (χ2n) is 6.07. The van der Waals surface area contributed by atoms with Crippen LogP contribution in [0.2, 0.25) is 0 Å². The minimum absolute atomic E-state index is 0.0933. The molecule has 0 amide bonds. The summed E-state index contributed by atoms with van der Waals surface area (Å²) in [4.78, 5) is 4.19. The standard InChI is InChI=1S/C19H22N2/c1-13-8-4-7-11-18(13)20-12-21-14(2)16-9-5-6-10-17(16)19(21)15(20)3/h4-11,14-15,19H,12H2,1-3H3/t14?,15-,19?/m0/s1/i12D,14D/t12?,14?,15-,19?. The highest BCUT2D eigenvalue weighted by Crippen LogP contribution is 2.49. The fraction of sp³-hybridized carbons (Fsp3) is 0.368. The third kappa shape index (κ3) is 1.75. The molecule has 4 atom stereocenters. The Bertz CT molecular complexity index is 759. The van der Waals surface area contributed by atoms with Crippen molar-refractivity contribution in [2.45, 2.75) is 38.9 Å². The number of anilines is 1. The van der Waals surface area contributed by atoms with E-state index in [9.17, 15) is 0 Å². The van der Waals surface area contributed by atoms with Gasteiger partial charge in [0.15, 0.2) is 0 Å². The molecule has 0 bridgehead atoms. The van der Waals surface area contributed by atoms with Crippen LogP contribution in [0.3, 0.4) is 0 Å². The number of rotatable bonds is 1. The van der Waals surface area contributed by atoms with Crippen LogP contribution in [0.25, 0.3) is 0 Å². The maximum Gasteiger partial charge on any atom is 0.0722 e.